The van der Waals surface area contributed by atoms with Gasteiger partial charge < -0.3 is 24.6 Å². The molecule has 0 radical (unpaired) electrons. The van der Waals surface area contributed by atoms with E-state index >= 15 is 0 Å². The maximum absolute atomic E-state index is 11.9. The van der Waals surface area contributed by atoms with Crippen molar-refractivity contribution in [2.75, 3.05) is 12.4 Å². The maximum Gasteiger partial charge on any atom is 0.407 e. The van der Waals surface area contributed by atoms with Crippen molar-refractivity contribution < 1.29 is 24.1 Å². The molecule has 1 amide bonds. The lowest BCUT2D eigenvalue weighted by molar-refractivity contribution is -0.268. The number of thioether (sulfide) groups is 1. The molecule has 1 fully saturated rings. The summed E-state index contributed by atoms with van der Waals surface area (Å²) in [5.74, 6) is 0.739. The van der Waals surface area contributed by atoms with Crippen LogP contribution in [0.2, 0.25) is 0 Å². The number of hydrogen-bond donors (Lipinski definition) is 3. The average molecular weight is 587 g/mol. The summed E-state index contributed by atoms with van der Waals surface area (Å²) in [6.45, 7) is 6.18. The quantitative estimate of drug-likeness (QED) is 0.146. The summed E-state index contributed by atoms with van der Waals surface area (Å²) >= 11 is 1.56. The Hall–Kier alpha value is -3.96. The van der Waals surface area contributed by atoms with Crippen LogP contribution in [0.25, 0.3) is 11.1 Å². The summed E-state index contributed by atoms with van der Waals surface area (Å²) in [6.07, 6.45) is 1.64. The highest BCUT2D eigenvalue weighted by atomic mass is 32.2. The second-order valence-corrected chi connectivity index (χ2v) is 11.0. The van der Waals surface area contributed by atoms with E-state index in [1.165, 1.54) is 12.4 Å². The Morgan fingerprint density at radius 3 is 2.57 bits per heavy atom. The zero-order valence-electron chi connectivity index (χ0n) is 23.3. The molecular formula is C32H34N4O5S. The molecule has 0 unspecified atom stereocenters. The van der Waals surface area contributed by atoms with Gasteiger partial charge in [-0.25, -0.2) is 9.78 Å². The lowest BCUT2D eigenvalue weighted by Crippen LogP contribution is -2.38. The standard InChI is InChI=1S/C32H34N4O5S/c1-3-16-39-32(38)33-17-26-6-4-5-7-27(26)23-12-14-25(15-13-23)30-40-28(19-42-31-34-20-35-36-31)21(2)29(41-30)24-10-8-22(18-37)9-11-24/h3-15,20-21,28-30,37H,1,16-19H2,2H3,(H,33,38)(H,34,35,36)/t21-,28+,29+,30+/m1/s1. The fourth-order valence-corrected chi connectivity index (χ4v) is 5.81. The molecule has 0 saturated carbocycles. The normalized spacial score (nSPS) is 20.1. The highest BCUT2D eigenvalue weighted by Gasteiger charge is 2.38. The van der Waals surface area contributed by atoms with Gasteiger partial charge in [0.2, 0.25) is 0 Å². The van der Waals surface area contributed by atoms with Crippen LogP contribution in [-0.2, 0) is 27.4 Å². The number of amides is 1. The molecule has 4 aromatic rings. The minimum absolute atomic E-state index is 0.00548. The molecule has 1 aromatic heterocycles. The van der Waals surface area contributed by atoms with Gasteiger partial charge in [0.15, 0.2) is 11.4 Å². The zero-order valence-corrected chi connectivity index (χ0v) is 24.1. The number of rotatable bonds is 11. The minimum Gasteiger partial charge on any atom is -0.445 e. The molecule has 1 aliphatic rings. The molecular weight excluding hydrogens is 552 g/mol. The van der Waals surface area contributed by atoms with Crippen LogP contribution in [0.1, 0.15) is 41.6 Å². The van der Waals surface area contributed by atoms with Crippen LogP contribution < -0.4 is 5.32 Å². The number of nitrogens with zero attached hydrogens (tertiary/aromatic N) is 2. The molecule has 218 valence electrons. The van der Waals surface area contributed by atoms with Gasteiger partial charge in [-0.05, 0) is 27.8 Å². The van der Waals surface area contributed by atoms with Gasteiger partial charge >= 0.3 is 6.09 Å². The van der Waals surface area contributed by atoms with Gasteiger partial charge in [0.05, 0.1) is 18.8 Å². The Morgan fingerprint density at radius 2 is 1.86 bits per heavy atom. The van der Waals surface area contributed by atoms with E-state index in [1.807, 2.05) is 72.8 Å². The van der Waals surface area contributed by atoms with E-state index < -0.39 is 12.4 Å². The number of hydrogen-bond acceptors (Lipinski definition) is 8. The van der Waals surface area contributed by atoms with Crippen LogP contribution in [-0.4, -0.2) is 44.8 Å². The number of benzene rings is 3. The number of aliphatic hydroxyl groups is 1. The van der Waals surface area contributed by atoms with Crippen molar-refractivity contribution in [1.82, 2.24) is 20.5 Å². The Bertz CT molecular complexity index is 1450. The maximum atomic E-state index is 11.9. The highest BCUT2D eigenvalue weighted by Crippen LogP contribution is 2.43. The van der Waals surface area contributed by atoms with Crippen molar-refractivity contribution >= 4 is 17.9 Å². The van der Waals surface area contributed by atoms with Crippen molar-refractivity contribution in [2.45, 2.75) is 43.7 Å². The summed E-state index contributed by atoms with van der Waals surface area (Å²) in [5, 5.41) is 19.9. The van der Waals surface area contributed by atoms with Gasteiger partial charge in [-0.2, -0.15) is 5.10 Å². The molecule has 0 spiro atoms. The molecule has 3 N–H and O–H groups in total. The van der Waals surface area contributed by atoms with Gasteiger partial charge in [-0.3, -0.25) is 5.10 Å². The van der Waals surface area contributed by atoms with E-state index in [4.69, 9.17) is 14.2 Å². The predicted octanol–water partition coefficient (Wildman–Crippen LogP) is 5.96. The second kappa shape index (κ2) is 14.3. The van der Waals surface area contributed by atoms with E-state index in [0.29, 0.717) is 12.3 Å². The van der Waals surface area contributed by atoms with Crippen molar-refractivity contribution in [3.63, 3.8) is 0 Å². The van der Waals surface area contributed by atoms with Gasteiger partial charge in [0.1, 0.15) is 12.9 Å². The summed E-state index contributed by atoms with van der Waals surface area (Å²) < 4.78 is 18.1. The molecule has 10 heteroatoms. The molecule has 42 heavy (non-hydrogen) atoms. The van der Waals surface area contributed by atoms with Crippen LogP contribution in [0.4, 0.5) is 4.79 Å². The van der Waals surface area contributed by atoms with Crippen LogP contribution >= 0.6 is 11.8 Å². The number of aromatic nitrogens is 3. The Labute approximate surface area is 249 Å². The molecule has 0 bridgehead atoms. The Morgan fingerprint density at radius 1 is 1.10 bits per heavy atom. The summed E-state index contributed by atoms with van der Waals surface area (Å²) in [5.41, 5.74) is 5.78. The van der Waals surface area contributed by atoms with E-state index in [9.17, 15) is 9.90 Å². The minimum atomic E-state index is -0.574. The number of H-pyrrole nitrogens is 1. The monoisotopic (exact) mass is 586 g/mol. The van der Waals surface area contributed by atoms with Crippen LogP contribution in [0.15, 0.2) is 96.9 Å². The number of aromatic amines is 1. The first-order valence-corrected chi connectivity index (χ1v) is 14.7. The lowest BCUT2D eigenvalue weighted by atomic mass is 9.91. The molecule has 2 heterocycles. The molecule has 0 aliphatic carbocycles. The van der Waals surface area contributed by atoms with Crippen LogP contribution in [0.3, 0.4) is 0 Å². The number of carbonyl (C=O) groups excluding carboxylic acids is 1. The van der Waals surface area contributed by atoms with Crippen molar-refractivity contribution in [3.05, 3.63) is 114 Å². The number of ether oxygens (including phenoxy) is 3. The topological polar surface area (TPSA) is 119 Å². The van der Waals surface area contributed by atoms with Crippen LogP contribution in [0.5, 0.6) is 0 Å². The smallest absolute Gasteiger partial charge is 0.407 e. The molecule has 1 aliphatic heterocycles. The third kappa shape index (κ3) is 7.27. The summed E-state index contributed by atoms with van der Waals surface area (Å²) in [4.78, 5) is 16.2. The molecule has 9 nitrogen and oxygen atoms in total. The number of alkyl carbamates (subject to hydrolysis) is 1. The molecule has 3 aromatic carbocycles. The Kier molecular flexibility index (Phi) is 10.0. The van der Waals surface area contributed by atoms with E-state index in [1.54, 1.807) is 11.8 Å². The first kappa shape index (κ1) is 29.5. The fourth-order valence-electron chi connectivity index (χ4n) is 4.86. The van der Waals surface area contributed by atoms with E-state index in [0.717, 1.165) is 38.5 Å². The number of nitrogens with one attached hydrogen (secondary N) is 2. The third-order valence-corrected chi connectivity index (χ3v) is 8.13. The highest BCUT2D eigenvalue weighted by molar-refractivity contribution is 7.99. The van der Waals surface area contributed by atoms with E-state index in [-0.39, 0.29) is 31.3 Å². The SMILES string of the molecule is C=CCOC(=O)NCc1ccccc1-c1ccc([C@H]2O[C@@H](CSc3ncn[nH]3)[C@@H](C)[C@@H](c3ccc(CO)cc3)O2)cc1. The Balaban J connectivity index is 1.35. The van der Waals surface area contributed by atoms with E-state index in [2.05, 4.69) is 34.0 Å². The zero-order chi connectivity index (χ0) is 29.3. The predicted molar refractivity (Wildman–Crippen MR) is 160 cm³/mol. The summed E-state index contributed by atoms with van der Waals surface area (Å²) in [6, 6.07) is 23.9. The number of carbonyl (C=O) groups is 1. The third-order valence-electron chi connectivity index (χ3n) is 7.17. The van der Waals surface area contributed by atoms with Crippen molar-refractivity contribution in [3.8, 4) is 11.1 Å². The van der Waals surface area contributed by atoms with Gasteiger partial charge in [-0.15, -0.1) is 0 Å². The average Bonchev–Trinajstić information content (AvgIpc) is 3.56. The van der Waals surface area contributed by atoms with Gasteiger partial charge in [-0.1, -0.05) is 104 Å². The summed E-state index contributed by atoms with van der Waals surface area (Å²) in [7, 11) is 0. The number of aliphatic hydroxyl groups excluding tert-OH is 1. The largest absolute Gasteiger partial charge is 0.445 e. The molecule has 1 saturated heterocycles. The first-order valence-electron chi connectivity index (χ1n) is 13.7. The lowest BCUT2D eigenvalue weighted by Gasteiger charge is -2.41. The van der Waals surface area contributed by atoms with Gasteiger partial charge in [0.25, 0.3) is 0 Å². The molecule has 4 atom stereocenters. The second-order valence-electron chi connectivity index (χ2n) is 9.94. The first-order chi connectivity index (χ1) is 20.6. The van der Waals surface area contributed by atoms with Crippen LogP contribution in [0, 0.1) is 5.92 Å². The van der Waals surface area contributed by atoms with Crippen molar-refractivity contribution in [1.29, 1.82) is 0 Å². The van der Waals surface area contributed by atoms with Gasteiger partial charge in [0, 0.05) is 23.8 Å². The molecule has 5 rings (SSSR count). The fraction of sp³-hybridized carbons (Fsp3) is 0.281. The van der Waals surface area contributed by atoms with Crippen molar-refractivity contribution in [2.24, 2.45) is 5.92 Å².